The number of hydrogen-bond donors (Lipinski definition) is 1. The Kier molecular flexibility index (Phi) is 8.51. The number of allylic oxidation sites excluding steroid dienone is 1. The Morgan fingerprint density at radius 3 is 1.97 bits per heavy atom. The first-order valence-electron chi connectivity index (χ1n) is 10.7. The Balaban J connectivity index is 1.77. The minimum absolute atomic E-state index is 0.0772. The third kappa shape index (κ3) is 5.86. The zero-order chi connectivity index (χ0) is 24.5. The van der Waals surface area contributed by atoms with Crippen LogP contribution in [0.1, 0.15) is 21.5 Å². The zero-order valence-corrected chi connectivity index (χ0v) is 19.7. The molecule has 1 N–H and O–H groups in total. The minimum atomic E-state index is -0.491. The zero-order valence-electron chi connectivity index (χ0n) is 19.7. The van der Waals surface area contributed by atoms with E-state index in [1.165, 1.54) is 25.5 Å². The molecule has 0 aromatic heterocycles. The predicted molar refractivity (Wildman–Crippen MR) is 130 cm³/mol. The molecule has 0 unspecified atom stereocenters. The lowest BCUT2D eigenvalue weighted by Crippen LogP contribution is -2.02. The summed E-state index contributed by atoms with van der Waals surface area (Å²) in [5.74, 6) is 1.07. The van der Waals surface area contributed by atoms with Gasteiger partial charge in [-0.25, -0.2) is 4.39 Å². The van der Waals surface area contributed by atoms with E-state index < -0.39 is 5.82 Å². The van der Waals surface area contributed by atoms with Gasteiger partial charge in [-0.05, 0) is 48.2 Å². The van der Waals surface area contributed by atoms with E-state index in [4.69, 9.17) is 18.9 Å². The van der Waals surface area contributed by atoms with Crippen molar-refractivity contribution in [2.45, 2.75) is 12.8 Å². The van der Waals surface area contributed by atoms with Gasteiger partial charge in [0.05, 0.1) is 34.1 Å². The van der Waals surface area contributed by atoms with Crippen molar-refractivity contribution in [1.82, 2.24) is 0 Å². The van der Waals surface area contributed by atoms with Crippen molar-refractivity contribution in [1.29, 1.82) is 0 Å². The van der Waals surface area contributed by atoms with Crippen LogP contribution in [0.4, 0.5) is 10.1 Å². The molecule has 0 aliphatic heterocycles. The number of ketones is 1. The van der Waals surface area contributed by atoms with Crippen molar-refractivity contribution in [2.75, 3.05) is 33.8 Å². The van der Waals surface area contributed by atoms with Gasteiger partial charge in [-0.2, -0.15) is 0 Å². The van der Waals surface area contributed by atoms with E-state index in [0.29, 0.717) is 41.3 Å². The van der Waals surface area contributed by atoms with Crippen LogP contribution in [0.2, 0.25) is 0 Å². The van der Waals surface area contributed by atoms with Crippen LogP contribution in [-0.2, 0) is 12.8 Å². The summed E-state index contributed by atoms with van der Waals surface area (Å²) in [6.45, 7) is 0. The molecule has 0 saturated heterocycles. The third-order valence-electron chi connectivity index (χ3n) is 5.27. The van der Waals surface area contributed by atoms with Gasteiger partial charge in [0.1, 0.15) is 0 Å². The lowest BCUT2D eigenvalue weighted by Gasteiger charge is -2.15. The van der Waals surface area contributed by atoms with E-state index >= 15 is 0 Å². The van der Waals surface area contributed by atoms with Crippen LogP contribution in [0.25, 0.3) is 0 Å². The number of aryl methyl sites for hydroxylation is 2. The first-order chi connectivity index (χ1) is 16.5. The second-order valence-electron chi connectivity index (χ2n) is 7.40. The highest BCUT2D eigenvalue weighted by Gasteiger charge is 2.15. The van der Waals surface area contributed by atoms with E-state index in [0.717, 1.165) is 11.1 Å². The molecule has 0 saturated carbocycles. The van der Waals surface area contributed by atoms with Crippen molar-refractivity contribution in [3.63, 3.8) is 0 Å². The topological polar surface area (TPSA) is 66.0 Å². The predicted octanol–water partition coefficient (Wildman–Crippen LogP) is 5.45. The van der Waals surface area contributed by atoms with Gasteiger partial charge in [0, 0.05) is 17.8 Å². The molecule has 0 amide bonds. The molecule has 7 heteroatoms. The highest BCUT2D eigenvalue weighted by atomic mass is 19.1. The quantitative estimate of drug-likeness (QED) is 0.300. The maximum Gasteiger partial charge on any atom is 0.203 e. The second-order valence-corrected chi connectivity index (χ2v) is 7.40. The number of rotatable bonds is 11. The fourth-order valence-electron chi connectivity index (χ4n) is 3.58. The normalized spacial score (nSPS) is 10.7. The van der Waals surface area contributed by atoms with Crippen molar-refractivity contribution in [3.05, 3.63) is 89.4 Å². The van der Waals surface area contributed by atoms with Gasteiger partial charge in [-0.15, -0.1) is 0 Å². The van der Waals surface area contributed by atoms with E-state index in [-0.39, 0.29) is 11.5 Å². The Bertz CT molecular complexity index is 1140. The molecular weight excluding hydrogens is 437 g/mol. The van der Waals surface area contributed by atoms with Crippen LogP contribution in [0.3, 0.4) is 0 Å². The third-order valence-corrected chi connectivity index (χ3v) is 5.27. The van der Waals surface area contributed by atoms with Crippen molar-refractivity contribution < 1.29 is 28.1 Å². The molecule has 34 heavy (non-hydrogen) atoms. The summed E-state index contributed by atoms with van der Waals surface area (Å²) >= 11 is 0. The average molecular weight is 466 g/mol. The lowest BCUT2D eigenvalue weighted by molar-refractivity contribution is 0.104. The number of methoxy groups -OCH3 is 4. The monoisotopic (exact) mass is 465 g/mol. The Morgan fingerprint density at radius 2 is 1.41 bits per heavy atom. The average Bonchev–Trinajstić information content (AvgIpc) is 2.87. The van der Waals surface area contributed by atoms with Crippen LogP contribution in [0.15, 0.2) is 66.9 Å². The van der Waals surface area contributed by atoms with Crippen LogP contribution in [0.5, 0.6) is 23.0 Å². The molecule has 0 aliphatic rings. The lowest BCUT2D eigenvalue weighted by atomic mass is 10.0. The smallest absolute Gasteiger partial charge is 0.203 e. The van der Waals surface area contributed by atoms with E-state index in [2.05, 4.69) is 5.32 Å². The number of halogens is 1. The van der Waals surface area contributed by atoms with Crippen molar-refractivity contribution in [3.8, 4) is 23.0 Å². The summed E-state index contributed by atoms with van der Waals surface area (Å²) in [6.07, 6.45) is 4.05. The highest BCUT2D eigenvalue weighted by molar-refractivity contribution is 6.04. The number of ether oxygens (including phenoxy) is 4. The molecule has 178 valence electrons. The molecule has 0 radical (unpaired) electrons. The first-order valence-corrected chi connectivity index (χ1v) is 10.7. The number of hydrogen-bond acceptors (Lipinski definition) is 6. The summed E-state index contributed by atoms with van der Waals surface area (Å²) < 4.78 is 36.1. The molecule has 3 rings (SSSR count). The second kappa shape index (κ2) is 11.7. The molecule has 0 bridgehead atoms. The van der Waals surface area contributed by atoms with Gasteiger partial charge in [-0.3, -0.25) is 4.79 Å². The van der Waals surface area contributed by atoms with Gasteiger partial charge >= 0.3 is 0 Å². The van der Waals surface area contributed by atoms with Crippen LogP contribution in [-0.4, -0.2) is 34.2 Å². The minimum Gasteiger partial charge on any atom is -0.493 e. The van der Waals surface area contributed by atoms with Gasteiger partial charge in [-0.1, -0.05) is 30.3 Å². The summed E-state index contributed by atoms with van der Waals surface area (Å²) in [4.78, 5) is 12.3. The number of carbonyl (C=O) groups is 1. The fraction of sp³-hybridized carbons (Fsp3) is 0.222. The van der Waals surface area contributed by atoms with Gasteiger partial charge in [0.2, 0.25) is 5.75 Å². The molecule has 3 aromatic rings. The summed E-state index contributed by atoms with van der Waals surface area (Å²) in [6, 6.07) is 15.9. The summed E-state index contributed by atoms with van der Waals surface area (Å²) in [7, 11) is 6.08. The van der Waals surface area contributed by atoms with Crippen LogP contribution < -0.4 is 24.3 Å². The van der Waals surface area contributed by atoms with Crippen LogP contribution in [0, 0.1) is 5.82 Å². The number of benzene rings is 3. The van der Waals surface area contributed by atoms with E-state index in [1.807, 2.05) is 18.2 Å². The SMILES string of the molecule is COc1cc(CCc2cc(F)c(OC)c(N/C=C\C(=O)c3ccccc3)c2)cc(OC)c1OC. The first kappa shape index (κ1) is 24.6. The number of anilines is 1. The number of nitrogens with one attached hydrogen (secondary N) is 1. The largest absolute Gasteiger partial charge is 0.493 e. The Labute approximate surface area is 198 Å². The molecular formula is C27H28FNO5. The molecule has 0 fully saturated rings. The molecule has 0 spiro atoms. The maximum atomic E-state index is 14.7. The molecule has 6 nitrogen and oxygen atoms in total. The van der Waals surface area contributed by atoms with Crippen molar-refractivity contribution >= 4 is 11.5 Å². The molecule has 0 aliphatic carbocycles. The Morgan fingerprint density at radius 1 is 0.824 bits per heavy atom. The summed E-state index contributed by atoms with van der Waals surface area (Å²) in [5, 5.41) is 2.97. The standard InChI is InChI=1S/C27H28FNO5/c1-31-24-16-19(17-25(32-2)27(24)34-4)11-10-18-14-21(28)26(33-3)22(15-18)29-13-12-23(30)20-8-6-5-7-9-20/h5-9,12-17,29H,10-11H2,1-4H3/b13-12-. The molecule has 0 heterocycles. The van der Waals surface area contributed by atoms with Gasteiger partial charge in [0.25, 0.3) is 0 Å². The van der Waals surface area contributed by atoms with E-state index in [1.54, 1.807) is 51.7 Å². The maximum absolute atomic E-state index is 14.7. The van der Waals surface area contributed by atoms with Gasteiger partial charge < -0.3 is 24.3 Å². The van der Waals surface area contributed by atoms with E-state index in [9.17, 15) is 9.18 Å². The molecule has 0 atom stereocenters. The summed E-state index contributed by atoms with van der Waals surface area (Å²) in [5.41, 5.74) is 2.71. The Hall–Kier alpha value is -4.00. The fourth-order valence-corrected chi connectivity index (χ4v) is 3.58. The number of carbonyl (C=O) groups excluding carboxylic acids is 1. The van der Waals surface area contributed by atoms with Crippen molar-refractivity contribution in [2.24, 2.45) is 0 Å². The van der Waals surface area contributed by atoms with Gasteiger partial charge in [0.15, 0.2) is 28.8 Å². The van der Waals surface area contributed by atoms with Crippen LogP contribution >= 0.6 is 0 Å². The highest BCUT2D eigenvalue weighted by Crippen LogP contribution is 2.38. The molecule has 3 aromatic carbocycles.